The maximum absolute atomic E-state index is 12.7. The maximum Gasteiger partial charge on any atom is 0.227 e. The van der Waals surface area contributed by atoms with Crippen LogP contribution in [0, 0.1) is 5.92 Å². The normalized spacial score (nSPS) is 15.5. The first-order chi connectivity index (χ1) is 12.8. The molecule has 0 atom stereocenters. The Morgan fingerprint density at radius 1 is 0.962 bits per heavy atom. The Balaban J connectivity index is 1.54. The Hall–Kier alpha value is -2.40. The lowest BCUT2D eigenvalue weighted by Gasteiger charge is -2.14. The number of fused-ring (bicyclic) bond motifs is 1. The number of hydrogen-bond acceptors (Lipinski definition) is 4. The molecular formula is C21H23N3OS. The Morgan fingerprint density at radius 3 is 2.50 bits per heavy atom. The van der Waals surface area contributed by atoms with E-state index in [-0.39, 0.29) is 11.8 Å². The SMILES string of the molecule is O=C(Nc1cccc2sc(Nc3ccccc3)nc12)C1CCCCCC1. The minimum atomic E-state index is 0.133. The monoisotopic (exact) mass is 365 g/mol. The number of aromatic nitrogens is 1. The van der Waals surface area contributed by atoms with Crippen LogP contribution in [0.2, 0.25) is 0 Å². The van der Waals surface area contributed by atoms with Crippen LogP contribution in [0.3, 0.4) is 0 Å². The van der Waals surface area contributed by atoms with E-state index in [9.17, 15) is 4.79 Å². The van der Waals surface area contributed by atoms with Crippen LogP contribution in [0.25, 0.3) is 10.2 Å². The van der Waals surface area contributed by atoms with Gasteiger partial charge in [0.15, 0.2) is 5.13 Å². The summed E-state index contributed by atoms with van der Waals surface area (Å²) in [6, 6.07) is 16.0. The quantitative estimate of drug-likeness (QED) is 0.562. The summed E-state index contributed by atoms with van der Waals surface area (Å²) in [6.07, 6.45) is 6.81. The van der Waals surface area contributed by atoms with Crippen molar-refractivity contribution in [1.29, 1.82) is 0 Å². The summed E-state index contributed by atoms with van der Waals surface area (Å²) in [6.45, 7) is 0. The second-order valence-corrected chi connectivity index (χ2v) is 7.87. The minimum Gasteiger partial charge on any atom is -0.332 e. The van der Waals surface area contributed by atoms with Gasteiger partial charge < -0.3 is 10.6 Å². The van der Waals surface area contributed by atoms with Crippen molar-refractivity contribution in [3.05, 3.63) is 48.5 Å². The summed E-state index contributed by atoms with van der Waals surface area (Å²) in [5.74, 6) is 0.276. The van der Waals surface area contributed by atoms with Gasteiger partial charge in [-0.2, -0.15) is 0 Å². The number of anilines is 3. The predicted octanol–water partition coefficient (Wildman–Crippen LogP) is 5.95. The Morgan fingerprint density at radius 2 is 1.73 bits per heavy atom. The molecule has 1 aromatic heterocycles. The lowest BCUT2D eigenvalue weighted by Crippen LogP contribution is -2.22. The van der Waals surface area contributed by atoms with Crippen LogP contribution < -0.4 is 10.6 Å². The zero-order valence-electron chi connectivity index (χ0n) is 14.7. The first-order valence-corrected chi connectivity index (χ1v) is 10.1. The summed E-state index contributed by atoms with van der Waals surface area (Å²) in [4.78, 5) is 17.4. The lowest BCUT2D eigenvalue weighted by molar-refractivity contribution is -0.120. The van der Waals surface area contributed by atoms with Crippen molar-refractivity contribution >= 4 is 44.0 Å². The standard InChI is InChI=1S/C21H23N3OS/c25-20(15-9-4-1-2-5-10-15)23-17-13-8-14-18-19(17)24-21(26-18)22-16-11-6-3-7-12-16/h3,6-8,11-15H,1-2,4-5,9-10H2,(H,22,24)(H,23,25). The highest BCUT2D eigenvalue weighted by molar-refractivity contribution is 7.22. The van der Waals surface area contributed by atoms with Crippen molar-refractivity contribution in [3.63, 3.8) is 0 Å². The highest BCUT2D eigenvalue weighted by atomic mass is 32.1. The van der Waals surface area contributed by atoms with E-state index in [0.29, 0.717) is 0 Å². The molecule has 134 valence electrons. The number of amides is 1. The molecule has 0 aliphatic heterocycles. The number of nitrogens with zero attached hydrogens (tertiary/aromatic N) is 1. The average Bonchev–Trinajstić information content (AvgIpc) is 2.88. The summed E-state index contributed by atoms with van der Waals surface area (Å²) in [7, 11) is 0. The van der Waals surface area contributed by atoms with Gasteiger partial charge >= 0.3 is 0 Å². The van der Waals surface area contributed by atoms with Gasteiger partial charge in [-0.05, 0) is 37.1 Å². The number of hydrogen-bond donors (Lipinski definition) is 2. The molecule has 0 spiro atoms. The van der Waals surface area contributed by atoms with Gasteiger partial charge in [0.2, 0.25) is 5.91 Å². The van der Waals surface area contributed by atoms with Crippen LogP contribution >= 0.6 is 11.3 Å². The second kappa shape index (κ2) is 7.87. The highest BCUT2D eigenvalue weighted by Gasteiger charge is 2.21. The van der Waals surface area contributed by atoms with Crippen LogP contribution in [0.1, 0.15) is 38.5 Å². The Bertz CT molecular complexity index is 883. The highest BCUT2D eigenvalue weighted by Crippen LogP contribution is 2.33. The fourth-order valence-corrected chi connectivity index (χ4v) is 4.44. The van der Waals surface area contributed by atoms with Gasteiger partial charge in [-0.3, -0.25) is 4.79 Å². The fourth-order valence-electron chi connectivity index (χ4n) is 3.52. The Labute approximate surface area is 157 Å². The van der Waals surface area contributed by atoms with Crippen LogP contribution in [0.15, 0.2) is 48.5 Å². The molecule has 3 aromatic rings. The smallest absolute Gasteiger partial charge is 0.227 e. The van der Waals surface area contributed by atoms with Crippen molar-refractivity contribution in [2.24, 2.45) is 5.92 Å². The van der Waals surface area contributed by atoms with Crippen LogP contribution in [0.5, 0.6) is 0 Å². The molecule has 0 saturated heterocycles. The van der Waals surface area contributed by atoms with Crippen molar-refractivity contribution in [2.45, 2.75) is 38.5 Å². The summed E-state index contributed by atoms with van der Waals surface area (Å²) in [5, 5.41) is 7.31. The van der Waals surface area contributed by atoms with Gasteiger partial charge in [0.1, 0.15) is 5.52 Å². The van der Waals surface area contributed by atoms with Crippen molar-refractivity contribution in [1.82, 2.24) is 4.98 Å². The van der Waals surface area contributed by atoms with E-state index in [1.807, 2.05) is 48.5 Å². The Kier molecular flexibility index (Phi) is 5.16. The van der Waals surface area contributed by atoms with Gasteiger partial charge in [-0.25, -0.2) is 4.98 Å². The van der Waals surface area contributed by atoms with E-state index >= 15 is 0 Å². The number of para-hydroxylation sites is 2. The van der Waals surface area contributed by atoms with Gasteiger partial charge in [-0.1, -0.05) is 61.3 Å². The number of benzene rings is 2. The lowest BCUT2D eigenvalue weighted by atomic mass is 9.99. The first-order valence-electron chi connectivity index (χ1n) is 9.32. The van der Waals surface area contributed by atoms with Gasteiger partial charge in [0, 0.05) is 11.6 Å². The number of carbonyl (C=O) groups is 1. The third-order valence-corrected chi connectivity index (χ3v) is 5.86. The molecule has 1 aliphatic rings. The molecule has 2 N–H and O–H groups in total. The van der Waals surface area contributed by atoms with E-state index in [0.717, 1.165) is 52.4 Å². The second-order valence-electron chi connectivity index (χ2n) is 6.84. The van der Waals surface area contributed by atoms with Gasteiger partial charge in [0.25, 0.3) is 0 Å². The number of rotatable bonds is 4. The maximum atomic E-state index is 12.7. The number of thiazole rings is 1. The summed E-state index contributed by atoms with van der Waals surface area (Å²) in [5.41, 5.74) is 2.68. The molecule has 1 saturated carbocycles. The zero-order chi connectivity index (χ0) is 17.8. The molecule has 4 nitrogen and oxygen atoms in total. The van der Waals surface area contributed by atoms with E-state index in [2.05, 4.69) is 10.6 Å². The van der Waals surface area contributed by atoms with Gasteiger partial charge in [0.05, 0.1) is 10.4 Å². The van der Waals surface area contributed by atoms with Crippen molar-refractivity contribution in [2.75, 3.05) is 10.6 Å². The summed E-state index contributed by atoms with van der Waals surface area (Å²) < 4.78 is 1.07. The van der Waals surface area contributed by atoms with Crippen molar-refractivity contribution in [3.8, 4) is 0 Å². The first kappa shape index (κ1) is 17.0. The van der Waals surface area contributed by atoms with Crippen LogP contribution in [0.4, 0.5) is 16.5 Å². The molecule has 5 heteroatoms. The van der Waals surface area contributed by atoms with E-state index in [1.54, 1.807) is 11.3 Å². The summed E-state index contributed by atoms with van der Waals surface area (Å²) >= 11 is 1.60. The molecule has 26 heavy (non-hydrogen) atoms. The van der Waals surface area contributed by atoms with Crippen molar-refractivity contribution < 1.29 is 4.79 Å². The zero-order valence-corrected chi connectivity index (χ0v) is 15.5. The molecule has 0 bridgehead atoms. The third-order valence-electron chi connectivity index (χ3n) is 4.93. The largest absolute Gasteiger partial charge is 0.332 e. The van der Waals surface area contributed by atoms with E-state index in [4.69, 9.17) is 4.98 Å². The van der Waals surface area contributed by atoms with E-state index < -0.39 is 0 Å². The molecule has 1 fully saturated rings. The minimum absolute atomic E-state index is 0.133. The molecule has 1 heterocycles. The molecule has 0 radical (unpaired) electrons. The molecule has 0 unspecified atom stereocenters. The molecule has 2 aromatic carbocycles. The van der Waals surface area contributed by atoms with Crippen LogP contribution in [-0.2, 0) is 4.79 Å². The fraction of sp³-hybridized carbons (Fsp3) is 0.333. The topological polar surface area (TPSA) is 54.0 Å². The average molecular weight is 366 g/mol. The molecule has 1 aliphatic carbocycles. The molecule has 1 amide bonds. The van der Waals surface area contributed by atoms with Crippen LogP contribution in [-0.4, -0.2) is 10.9 Å². The molecular weight excluding hydrogens is 342 g/mol. The number of carbonyl (C=O) groups excluding carboxylic acids is 1. The predicted molar refractivity (Wildman–Crippen MR) is 109 cm³/mol. The number of nitrogens with one attached hydrogen (secondary N) is 2. The van der Waals surface area contributed by atoms with E-state index in [1.165, 1.54) is 12.8 Å². The third kappa shape index (κ3) is 3.88. The molecule has 4 rings (SSSR count). The van der Waals surface area contributed by atoms with Gasteiger partial charge in [-0.15, -0.1) is 0 Å².